The second kappa shape index (κ2) is 5.56. The van der Waals surface area contributed by atoms with Gasteiger partial charge in [-0.1, -0.05) is 37.3 Å². The molecule has 1 unspecified atom stereocenters. The molecule has 1 N–H and O–H groups in total. The molecule has 1 aliphatic carbocycles. The predicted molar refractivity (Wildman–Crippen MR) is 105 cm³/mol. The Bertz CT molecular complexity index is 848. The Hall–Kier alpha value is -1.88. The van der Waals surface area contributed by atoms with Crippen LogP contribution in [0.1, 0.15) is 38.2 Å². The lowest BCUT2D eigenvalue weighted by Crippen LogP contribution is -2.57. The highest BCUT2D eigenvalue weighted by atomic mass is 32.1. The molecule has 4 aliphatic rings. The molecular formula is C21H24N2O2S. The van der Waals surface area contributed by atoms with Crippen molar-refractivity contribution in [3.8, 4) is 0 Å². The first-order chi connectivity index (χ1) is 12.6. The van der Waals surface area contributed by atoms with E-state index in [-0.39, 0.29) is 11.4 Å². The molecule has 1 spiro atoms. The molecule has 1 aromatic rings. The fourth-order valence-corrected chi connectivity index (χ4v) is 6.53. The summed E-state index contributed by atoms with van der Waals surface area (Å²) < 4.78 is 5.18. The summed E-state index contributed by atoms with van der Waals surface area (Å²) in [5.74, 6) is 0.712. The van der Waals surface area contributed by atoms with Gasteiger partial charge in [-0.05, 0) is 43.2 Å². The number of esters is 1. The smallest absolute Gasteiger partial charge is 0.335 e. The van der Waals surface area contributed by atoms with Crippen LogP contribution in [-0.2, 0) is 14.9 Å². The van der Waals surface area contributed by atoms with Crippen LogP contribution in [-0.4, -0.2) is 35.6 Å². The van der Waals surface area contributed by atoms with Crippen LogP contribution in [0.3, 0.4) is 0 Å². The molecular weight excluding hydrogens is 344 g/mol. The first-order valence-corrected chi connectivity index (χ1v) is 10.0. The zero-order valence-electron chi connectivity index (χ0n) is 15.2. The van der Waals surface area contributed by atoms with Gasteiger partial charge in [-0.3, -0.25) is 0 Å². The Balaban J connectivity index is 1.74. The zero-order chi connectivity index (χ0) is 18.1. The Morgan fingerprint density at radius 1 is 1.42 bits per heavy atom. The SMILES string of the molecule is CC[C@H]1C[C@H]2CC(C(=O)OC)=C3Nc4ccccc4C34CCN(C1=S)[C@@H]24. The molecule has 0 aromatic heterocycles. The monoisotopic (exact) mass is 368 g/mol. The number of rotatable bonds is 2. The number of ether oxygens (including phenoxy) is 1. The van der Waals surface area contributed by atoms with Crippen LogP contribution in [0.25, 0.3) is 0 Å². The van der Waals surface area contributed by atoms with Crippen molar-refractivity contribution in [1.29, 1.82) is 0 Å². The molecule has 5 heteroatoms. The summed E-state index contributed by atoms with van der Waals surface area (Å²) in [6, 6.07) is 8.87. The molecule has 136 valence electrons. The summed E-state index contributed by atoms with van der Waals surface area (Å²) >= 11 is 5.90. The predicted octanol–water partition coefficient (Wildman–Crippen LogP) is 3.63. The number of hydrogen-bond donors (Lipinski definition) is 1. The van der Waals surface area contributed by atoms with Gasteiger partial charge in [0, 0.05) is 29.9 Å². The summed E-state index contributed by atoms with van der Waals surface area (Å²) in [6.45, 7) is 3.20. The molecule has 26 heavy (non-hydrogen) atoms. The van der Waals surface area contributed by atoms with Crippen molar-refractivity contribution in [3.63, 3.8) is 0 Å². The van der Waals surface area contributed by atoms with E-state index < -0.39 is 0 Å². The van der Waals surface area contributed by atoms with Gasteiger partial charge in [0.05, 0.1) is 23.1 Å². The standard InChI is InChI=1S/C21H24N2O2S/c1-3-12-10-13-11-14(20(24)25-2)17-21(8-9-23(18(13)21)19(12)26)15-6-4-5-7-16(15)22-17/h4-7,12-13,18,22H,3,8-11H2,1-2H3/t12-,13-,18-,21?/m0/s1. The quantitative estimate of drug-likeness (QED) is 0.638. The van der Waals surface area contributed by atoms with Gasteiger partial charge in [-0.25, -0.2) is 4.79 Å². The van der Waals surface area contributed by atoms with Crippen molar-refractivity contribution in [2.75, 3.05) is 19.0 Å². The van der Waals surface area contributed by atoms with Crippen molar-refractivity contribution in [2.45, 2.75) is 44.1 Å². The summed E-state index contributed by atoms with van der Waals surface area (Å²) in [5, 5.41) is 3.60. The lowest BCUT2D eigenvalue weighted by atomic mass is 9.60. The van der Waals surface area contributed by atoms with E-state index in [4.69, 9.17) is 17.0 Å². The number of carbonyl (C=O) groups excluding carboxylic acids is 1. The van der Waals surface area contributed by atoms with Crippen LogP contribution in [0.2, 0.25) is 0 Å². The lowest BCUT2D eigenvalue weighted by molar-refractivity contribution is -0.136. The molecule has 5 rings (SSSR count). The number of fused-ring (bicyclic) bond motifs is 1. The number of carbonyl (C=O) groups is 1. The maximum Gasteiger partial charge on any atom is 0.335 e. The molecule has 2 saturated heterocycles. The van der Waals surface area contributed by atoms with E-state index in [1.807, 2.05) is 0 Å². The minimum Gasteiger partial charge on any atom is -0.466 e. The fraction of sp³-hybridized carbons (Fsp3) is 0.524. The third kappa shape index (κ3) is 1.85. The van der Waals surface area contributed by atoms with Crippen LogP contribution in [0.4, 0.5) is 5.69 Å². The Morgan fingerprint density at radius 2 is 2.23 bits per heavy atom. The third-order valence-electron chi connectivity index (χ3n) is 7.06. The van der Waals surface area contributed by atoms with Crippen molar-refractivity contribution in [1.82, 2.24) is 4.90 Å². The molecule has 0 bridgehead atoms. The third-order valence-corrected chi connectivity index (χ3v) is 7.63. The zero-order valence-corrected chi connectivity index (χ0v) is 16.1. The average molecular weight is 369 g/mol. The maximum absolute atomic E-state index is 12.7. The molecule has 4 atom stereocenters. The van der Waals surface area contributed by atoms with Gasteiger partial charge in [0.1, 0.15) is 0 Å². The first-order valence-electron chi connectivity index (χ1n) is 9.60. The second-order valence-corrected chi connectivity index (χ2v) is 8.44. The Labute approximate surface area is 159 Å². The summed E-state index contributed by atoms with van der Waals surface area (Å²) in [5.41, 5.74) is 4.23. The highest BCUT2D eigenvalue weighted by molar-refractivity contribution is 7.80. The van der Waals surface area contributed by atoms with E-state index in [2.05, 4.69) is 41.4 Å². The number of thiocarbonyl (C=S) groups is 1. The van der Waals surface area contributed by atoms with Crippen LogP contribution < -0.4 is 5.32 Å². The van der Waals surface area contributed by atoms with Gasteiger partial charge in [-0.2, -0.15) is 0 Å². The van der Waals surface area contributed by atoms with Crippen LogP contribution in [0, 0.1) is 11.8 Å². The number of piperidine rings is 1. The van der Waals surface area contributed by atoms with Crippen LogP contribution in [0.15, 0.2) is 35.5 Å². The minimum atomic E-state index is -0.183. The molecule has 4 nitrogen and oxygen atoms in total. The van der Waals surface area contributed by atoms with E-state index in [1.54, 1.807) is 0 Å². The highest BCUT2D eigenvalue weighted by Gasteiger charge is 2.63. The van der Waals surface area contributed by atoms with Crippen molar-refractivity contribution >= 4 is 28.9 Å². The van der Waals surface area contributed by atoms with Gasteiger partial charge in [-0.15, -0.1) is 0 Å². The molecule has 0 radical (unpaired) electrons. The first kappa shape index (κ1) is 16.3. The molecule has 0 saturated carbocycles. The maximum atomic E-state index is 12.7. The molecule has 3 aliphatic heterocycles. The minimum absolute atomic E-state index is 0.147. The average Bonchev–Trinajstić information content (AvgIpc) is 3.23. The molecule has 3 heterocycles. The molecule has 0 amide bonds. The Kier molecular flexibility index (Phi) is 3.48. The van der Waals surface area contributed by atoms with E-state index in [9.17, 15) is 4.79 Å². The highest BCUT2D eigenvalue weighted by Crippen LogP contribution is 2.61. The van der Waals surface area contributed by atoms with Gasteiger partial charge in [0.25, 0.3) is 0 Å². The number of nitrogens with one attached hydrogen (secondary N) is 1. The van der Waals surface area contributed by atoms with Gasteiger partial charge in [0.15, 0.2) is 0 Å². The number of methoxy groups -OCH3 is 1. The second-order valence-electron chi connectivity index (χ2n) is 8.02. The van der Waals surface area contributed by atoms with E-state index in [0.29, 0.717) is 17.9 Å². The fourth-order valence-electron chi connectivity index (χ4n) is 6.07. The normalized spacial score (nSPS) is 34.2. The molecule has 2 fully saturated rings. The number of hydrogen-bond acceptors (Lipinski definition) is 4. The van der Waals surface area contributed by atoms with E-state index >= 15 is 0 Å². The van der Waals surface area contributed by atoms with Gasteiger partial charge in [0.2, 0.25) is 0 Å². The number of para-hydroxylation sites is 1. The number of nitrogens with zero attached hydrogens (tertiary/aromatic N) is 1. The van der Waals surface area contributed by atoms with Crippen molar-refractivity contribution < 1.29 is 9.53 Å². The number of benzene rings is 1. The summed E-state index contributed by atoms with van der Waals surface area (Å²) in [6.07, 6.45) is 3.94. The van der Waals surface area contributed by atoms with E-state index in [1.165, 1.54) is 12.7 Å². The van der Waals surface area contributed by atoms with Gasteiger partial charge >= 0.3 is 5.97 Å². The van der Waals surface area contributed by atoms with Crippen molar-refractivity contribution in [2.24, 2.45) is 11.8 Å². The molecule has 1 aromatic carbocycles. The largest absolute Gasteiger partial charge is 0.466 e. The summed E-state index contributed by atoms with van der Waals surface area (Å²) in [7, 11) is 1.49. The Morgan fingerprint density at radius 3 is 3.00 bits per heavy atom. The number of anilines is 1. The topological polar surface area (TPSA) is 41.6 Å². The van der Waals surface area contributed by atoms with Crippen LogP contribution >= 0.6 is 12.2 Å². The van der Waals surface area contributed by atoms with E-state index in [0.717, 1.165) is 54.2 Å². The van der Waals surface area contributed by atoms with Crippen molar-refractivity contribution in [3.05, 3.63) is 41.1 Å². The van der Waals surface area contributed by atoms with Crippen LogP contribution in [0.5, 0.6) is 0 Å². The summed E-state index contributed by atoms with van der Waals surface area (Å²) in [4.78, 5) is 16.3. The van der Waals surface area contributed by atoms with Gasteiger partial charge < -0.3 is 15.0 Å². The lowest BCUT2D eigenvalue weighted by Gasteiger charge is -2.51.